The minimum absolute atomic E-state index is 0.137. The summed E-state index contributed by atoms with van der Waals surface area (Å²) in [5.41, 5.74) is 0. The van der Waals surface area contributed by atoms with Crippen LogP contribution in [0.15, 0.2) is 6.20 Å². The van der Waals surface area contributed by atoms with Crippen LogP contribution in [0.1, 0.15) is 13.3 Å². The predicted octanol–water partition coefficient (Wildman–Crippen LogP) is -0.179. The molecule has 1 heterocycles. The van der Waals surface area contributed by atoms with Crippen molar-refractivity contribution in [1.29, 1.82) is 0 Å². The Labute approximate surface area is 109 Å². The van der Waals surface area contributed by atoms with Crippen molar-refractivity contribution in [3.63, 3.8) is 0 Å². The van der Waals surface area contributed by atoms with Gasteiger partial charge in [-0.05, 0) is 6.92 Å². The van der Waals surface area contributed by atoms with Gasteiger partial charge >= 0.3 is 5.97 Å². The van der Waals surface area contributed by atoms with Crippen molar-refractivity contribution >= 4 is 17.7 Å². The molecule has 2 N–H and O–H groups in total. The molecule has 1 unspecified atom stereocenters. The Morgan fingerprint density at radius 1 is 1.67 bits per heavy atom. The van der Waals surface area contributed by atoms with Gasteiger partial charge in [0.15, 0.2) is 0 Å². The molecule has 7 nitrogen and oxygen atoms in total. The van der Waals surface area contributed by atoms with Gasteiger partial charge in [-0.3, -0.25) is 4.79 Å². The minimum atomic E-state index is -0.658. The lowest BCUT2D eigenvalue weighted by Crippen LogP contribution is -2.32. The number of aromatic nitrogens is 2. The van der Waals surface area contributed by atoms with E-state index in [9.17, 15) is 9.90 Å². The Hall–Kier alpha value is -1.25. The standard InChI is InChI=1S/C10H17N3O4S/c1-2-16-10(15)3-4-11-5-8(14)7-17-9-6-12-18-13-9/h6,8,11,14H,2-5,7H2,1H3. The molecule has 0 aromatic carbocycles. The van der Waals surface area contributed by atoms with E-state index in [-0.39, 0.29) is 19.0 Å². The highest BCUT2D eigenvalue weighted by Gasteiger charge is 2.07. The first-order valence-electron chi connectivity index (χ1n) is 5.67. The number of carbonyl (C=O) groups excluding carboxylic acids is 1. The number of carbonyl (C=O) groups is 1. The van der Waals surface area contributed by atoms with Crippen molar-refractivity contribution in [2.45, 2.75) is 19.4 Å². The molecule has 8 heteroatoms. The Bertz CT molecular complexity index is 334. The molecule has 102 valence electrons. The number of nitrogens with one attached hydrogen (secondary N) is 1. The highest BCUT2D eigenvalue weighted by molar-refractivity contribution is 6.99. The molecule has 0 saturated heterocycles. The number of hydrogen-bond donors (Lipinski definition) is 2. The number of esters is 1. The molecule has 1 rings (SSSR count). The summed E-state index contributed by atoms with van der Waals surface area (Å²) in [6.07, 6.45) is 1.12. The third-order valence-electron chi connectivity index (χ3n) is 1.96. The molecule has 0 aliphatic rings. The van der Waals surface area contributed by atoms with Crippen molar-refractivity contribution in [1.82, 2.24) is 14.1 Å². The van der Waals surface area contributed by atoms with Crippen molar-refractivity contribution in [2.24, 2.45) is 0 Å². The van der Waals surface area contributed by atoms with Crippen molar-refractivity contribution < 1.29 is 19.4 Å². The molecule has 0 aliphatic heterocycles. The Morgan fingerprint density at radius 3 is 3.17 bits per heavy atom. The molecule has 0 spiro atoms. The molecule has 0 aliphatic carbocycles. The zero-order chi connectivity index (χ0) is 13.2. The monoisotopic (exact) mass is 275 g/mol. The molecule has 0 fully saturated rings. The number of ether oxygens (including phenoxy) is 2. The fourth-order valence-corrected chi connectivity index (χ4v) is 1.52. The lowest BCUT2D eigenvalue weighted by atomic mass is 10.3. The van der Waals surface area contributed by atoms with Crippen LogP contribution in [0.4, 0.5) is 0 Å². The molecular weight excluding hydrogens is 258 g/mol. The number of nitrogens with zero attached hydrogens (tertiary/aromatic N) is 2. The Kier molecular flexibility index (Phi) is 7.23. The molecule has 0 amide bonds. The second-order valence-corrected chi connectivity index (χ2v) is 4.03. The van der Waals surface area contributed by atoms with Gasteiger partial charge in [-0.2, -0.15) is 4.37 Å². The van der Waals surface area contributed by atoms with Crippen LogP contribution in [-0.2, 0) is 9.53 Å². The average Bonchev–Trinajstić information content (AvgIpc) is 2.85. The van der Waals surface area contributed by atoms with E-state index in [1.54, 1.807) is 6.92 Å². The van der Waals surface area contributed by atoms with Gasteiger partial charge in [0.2, 0.25) is 5.88 Å². The van der Waals surface area contributed by atoms with Gasteiger partial charge in [0.25, 0.3) is 0 Å². The predicted molar refractivity (Wildman–Crippen MR) is 65.5 cm³/mol. The van der Waals surface area contributed by atoms with E-state index in [1.807, 2.05) is 0 Å². The summed E-state index contributed by atoms with van der Waals surface area (Å²) in [6, 6.07) is 0. The fourth-order valence-electron chi connectivity index (χ4n) is 1.15. The maximum Gasteiger partial charge on any atom is 0.307 e. The van der Waals surface area contributed by atoms with E-state index in [0.717, 1.165) is 11.7 Å². The van der Waals surface area contributed by atoms with Crippen LogP contribution in [0.25, 0.3) is 0 Å². The van der Waals surface area contributed by atoms with Crippen molar-refractivity contribution in [2.75, 3.05) is 26.3 Å². The maximum atomic E-state index is 11.0. The summed E-state index contributed by atoms with van der Waals surface area (Å²) in [5, 5.41) is 12.5. The van der Waals surface area contributed by atoms with Gasteiger partial charge in [0.1, 0.15) is 18.9 Å². The summed E-state index contributed by atoms with van der Waals surface area (Å²) < 4.78 is 17.6. The largest absolute Gasteiger partial charge is 0.473 e. The first-order chi connectivity index (χ1) is 8.72. The van der Waals surface area contributed by atoms with Crippen molar-refractivity contribution in [3.05, 3.63) is 6.20 Å². The molecule has 18 heavy (non-hydrogen) atoms. The topological polar surface area (TPSA) is 93.6 Å². The van der Waals surface area contributed by atoms with E-state index >= 15 is 0 Å². The van der Waals surface area contributed by atoms with E-state index in [4.69, 9.17) is 9.47 Å². The number of hydrogen-bond acceptors (Lipinski definition) is 8. The highest BCUT2D eigenvalue weighted by atomic mass is 32.1. The van der Waals surface area contributed by atoms with Gasteiger partial charge in [0, 0.05) is 13.1 Å². The lowest BCUT2D eigenvalue weighted by Gasteiger charge is -2.11. The normalized spacial score (nSPS) is 12.1. The minimum Gasteiger partial charge on any atom is -0.473 e. The zero-order valence-corrected chi connectivity index (χ0v) is 11.0. The first kappa shape index (κ1) is 14.8. The molecule has 0 bridgehead atoms. The van der Waals surface area contributed by atoms with E-state index < -0.39 is 6.10 Å². The van der Waals surface area contributed by atoms with Gasteiger partial charge in [-0.15, -0.1) is 4.37 Å². The lowest BCUT2D eigenvalue weighted by molar-refractivity contribution is -0.143. The Balaban J connectivity index is 2.00. The average molecular weight is 275 g/mol. The summed E-state index contributed by atoms with van der Waals surface area (Å²) >= 11 is 1.05. The van der Waals surface area contributed by atoms with Crippen LogP contribution < -0.4 is 10.1 Å². The van der Waals surface area contributed by atoms with Gasteiger partial charge < -0.3 is 19.9 Å². The van der Waals surface area contributed by atoms with E-state index in [1.165, 1.54) is 6.20 Å². The second kappa shape index (κ2) is 8.78. The van der Waals surface area contributed by atoms with Gasteiger partial charge in [-0.25, -0.2) is 0 Å². The molecule has 0 radical (unpaired) electrons. The van der Waals surface area contributed by atoms with Crippen LogP contribution in [0, 0.1) is 0 Å². The van der Waals surface area contributed by atoms with E-state index in [2.05, 4.69) is 14.1 Å². The maximum absolute atomic E-state index is 11.0. The summed E-state index contributed by atoms with van der Waals surface area (Å²) in [7, 11) is 0. The molecular formula is C10H17N3O4S. The molecule has 1 aromatic heterocycles. The number of rotatable bonds is 9. The second-order valence-electron chi connectivity index (χ2n) is 3.47. The van der Waals surface area contributed by atoms with Crippen LogP contribution in [0.3, 0.4) is 0 Å². The zero-order valence-electron chi connectivity index (χ0n) is 10.2. The SMILES string of the molecule is CCOC(=O)CCNCC(O)COc1cnsn1. The third kappa shape index (κ3) is 6.48. The van der Waals surface area contributed by atoms with Gasteiger partial charge in [0.05, 0.1) is 24.8 Å². The van der Waals surface area contributed by atoms with Crippen LogP contribution >= 0.6 is 11.7 Å². The first-order valence-corrected chi connectivity index (χ1v) is 6.40. The fraction of sp³-hybridized carbons (Fsp3) is 0.700. The quantitative estimate of drug-likeness (QED) is 0.477. The number of aliphatic hydroxyl groups excluding tert-OH is 1. The summed E-state index contributed by atoms with van der Waals surface area (Å²) in [5.74, 6) is 0.162. The smallest absolute Gasteiger partial charge is 0.307 e. The van der Waals surface area contributed by atoms with E-state index in [0.29, 0.717) is 25.6 Å². The van der Waals surface area contributed by atoms with Crippen molar-refractivity contribution in [3.8, 4) is 5.88 Å². The molecule has 1 aromatic rings. The molecule has 0 saturated carbocycles. The Morgan fingerprint density at radius 2 is 2.50 bits per heavy atom. The van der Waals surface area contributed by atoms with Crippen LogP contribution in [0.2, 0.25) is 0 Å². The summed E-state index contributed by atoms with van der Waals surface area (Å²) in [6.45, 7) is 3.10. The number of aliphatic hydroxyl groups is 1. The van der Waals surface area contributed by atoms with Crippen LogP contribution in [-0.4, -0.2) is 52.2 Å². The summed E-state index contributed by atoms with van der Waals surface area (Å²) in [4.78, 5) is 11.0. The third-order valence-corrected chi connectivity index (χ3v) is 2.42. The highest BCUT2D eigenvalue weighted by Crippen LogP contribution is 2.04. The van der Waals surface area contributed by atoms with Crippen LogP contribution in [0.5, 0.6) is 5.88 Å². The molecule has 1 atom stereocenters. The van der Waals surface area contributed by atoms with Gasteiger partial charge in [-0.1, -0.05) is 0 Å².